The van der Waals surface area contributed by atoms with Crippen molar-refractivity contribution in [1.82, 2.24) is 4.90 Å². The molecular formula is C16H33NO. The van der Waals surface area contributed by atoms with Gasteiger partial charge in [-0.2, -0.15) is 0 Å². The third kappa shape index (κ3) is 5.27. The maximum Gasteiger partial charge on any atom is 0.0832 e. The molecule has 0 spiro atoms. The van der Waals surface area contributed by atoms with Gasteiger partial charge in [0.25, 0.3) is 0 Å². The standard InChI is InChI=1S/C14H27NO.C2H6/c1-11(2)16-14-9-15(10-14)8-13-6-4-12(3)5-7-13;1-2/h11-14H,4-10H2,1-3H3;1-2H3. The Morgan fingerprint density at radius 2 is 1.61 bits per heavy atom. The van der Waals surface area contributed by atoms with Crippen molar-refractivity contribution >= 4 is 0 Å². The van der Waals surface area contributed by atoms with Crippen molar-refractivity contribution in [3.05, 3.63) is 0 Å². The minimum atomic E-state index is 0.391. The zero-order valence-corrected chi connectivity index (χ0v) is 13.1. The molecule has 2 fully saturated rings. The molecule has 108 valence electrons. The van der Waals surface area contributed by atoms with Crippen molar-refractivity contribution < 1.29 is 4.74 Å². The molecule has 0 aromatic heterocycles. The van der Waals surface area contributed by atoms with Crippen LogP contribution in [0.15, 0.2) is 0 Å². The van der Waals surface area contributed by atoms with Crippen LogP contribution in [0.4, 0.5) is 0 Å². The smallest absolute Gasteiger partial charge is 0.0832 e. The molecule has 1 aliphatic heterocycles. The molecule has 18 heavy (non-hydrogen) atoms. The quantitative estimate of drug-likeness (QED) is 0.754. The zero-order chi connectivity index (χ0) is 13.5. The summed E-state index contributed by atoms with van der Waals surface area (Å²) in [6.07, 6.45) is 6.71. The van der Waals surface area contributed by atoms with Crippen LogP contribution < -0.4 is 0 Å². The van der Waals surface area contributed by atoms with E-state index in [-0.39, 0.29) is 0 Å². The Balaban J connectivity index is 0.000000771. The monoisotopic (exact) mass is 255 g/mol. The lowest BCUT2D eigenvalue weighted by Crippen LogP contribution is -2.54. The fourth-order valence-electron chi connectivity index (χ4n) is 3.02. The Kier molecular flexibility index (Phi) is 7.25. The molecule has 0 bridgehead atoms. The van der Waals surface area contributed by atoms with E-state index in [4.69, 9.17) is 4.74 Å². The van der Waals surface area contributed by atoms with Crippen LogP contribution in [0.2, 0.25) is 0 Å². The maximum atomic E-state index is 5.78. The summed E-state index contributed by atoms with van der Waals surface area (Å²) >= 11 is 0. The first-order valence-corrected chi connectivity index (χ1v) is 8.01. The van der Waals surface area contributed by atoms with Gasteiger partial charge in [0, 0.05) is 19.6 Å². The van der Waals surface area contributed by atoms with Crippen molar-refractivity contribution in [3.63, 3.8) is 0 Å². The van der Waals surface area contributed by atoms with E-state index in [0.29, 0.717) is 12.2 Å². The van der Waals surface area contributed by atoms with Gasteiger partial charge in [-0.05, 0) is 38.5 Å². The van der Waals surface area contributed by atoms with E-state index in [1.165, 1.54) is 45.3 Å². The van der Waals surface area contributed by atoms with Gasteiger partial charge in [-0.15, -0.1) is 0 Å². The van der Waals surface area contributed by atoms with Crippen LogP contribution in [0.3, 0.4) is 0 Å². The van der Waals surface area contributed by atoms with E-state index in [1.807, 2.05) is 13.8 Å². The Morgan fingerprint density at radius 3 is 2.11 bits per heavy atom. The second kappa shape index (κ2) is 8.16. The second-order valence-electron chi connectivity index (χ2n) is 6.15. The van der Waals surface area contributed by atoms with Gasteiger partial charge in [-0.25, -0.2) is 0 Å². The number of hydrogen-bond acceptors (Lipinski definition) is 2. The third-order valence-electron chi connectivity index (χ3n) is 4.04. The van der Waals surface area contributed by atoms with Gasteiger partial charge < -0.3 is 4.74 Å². The van der Waals surface area contributed by atoms with Gasteiger partial charge in [0.1, 0.15) is 0 Å². The predicted molar refractivity (Wildman–Crippen MR) is 78.9 cm³/mol. The van der Waals surface area contributed by atoms with Gasteiger partial charge in [0.05, 0.1) is 12.2 Å². The highest BCUT2D eigenvalue weighted by atomic mass is 16.5. The van der Waals surface area contributed by atoms with Crippen molar-refractivity contribution in [2.24, 2.45) is 11.8 Å². The van der Waals surface area contributed by atoms with Crippen LogP contribution in [0.1, 0.15) is 60.3 Å². The first kappa shape index (κ1) is 16.0. The molecule has 2 nitrogen and oxygen atoms in total. The minimum Gasteiger partial charge on any atom is -0.373 e. The molecular weight excluding hydrogens is 222 g/mol. The van der Waals surface area contributed by atoms with Gasteiger partial charge >= 0.3 is 0 Å². The topological polar surface area (TPSA) is 12.5 Å². The summed E-state index contributed by atoms with van der Waals surface area (Å²) in [4.78, 5) is 2.58. The number of hydrogen-bond donors (Lipinski definition) is 0. The average Bonchev–Trinajstić information content (AvgIpc) is 2.31. The molecule has 1 saturated heterocycles. The Hall–Kier alpha value is -0.0800. The summed E-state index contributed by atoms with van der Waals surface area (Å²) in [6, 6.07) is 0. The van der Waals surface area contributed by atoms with Crippen molar-refractivity contribution in [3.8, 4) is 0 Å². The third-order valence-corrected chi connectivity index (χ3v) is 4.04. The lowest BCUT2D eigenvalue weighted by atomic mass is 9.82. The van der Waals surface area contributed by atoms with E-state index in [2.05, 4.69) is 25.7 Å². The highest BCUT2D eigenvalue weighted by Crippen LogP contribution is 2.30. The lowest BCUT2D eigenvalue weighted by Gasteiger charge is -2.42. The summed E-state index contributed by atoms with van der Waals surface area (Å²) in [5, 5.41) is 0. The number of rotatable bonds is 4. The molecule has 0 N–H and O–H groups in total. The van der Waals surface area contributed by atoms with Crippen LogP contribution in [-0.2, 0) is 4.74 Å². The first-order chi connectivity index (χ1) is 8.63. The molecule has 1 aliphatic carbocycles. The Morgan fingerprint density at radius 1 is 1.06 bits per heavy atom. The molecule has 0 amide bonds. The molecule has 0 aromatic carbocycles. The van der Waals surface area contributed by atoms with Crippen LogP contribution in [-0.4, -0.2) is 36.7 Å². The molecule has 2 aliphatic rings. The summed E-state index contributed by atoms with van der Waals surface area (Å²) in [6.45, 7) is 14.3. The van der Waals surface area contributed by atoms with E-state index >= 15 is 0 Å². The summed E-state index contributed by atoms with van der Waals surface area (Å²) in [7, 11) is 0. The molecule has 0 aromatic rings. The molecule has 2 heteroatoms. The molecule has 0 unspecified atom stereocenters. The van der Waals surface area contributed by atoms with Crippen LogP contribution in [0.5, 0.6) is 0 Å². The van der Waals surface area contributed by atoms with E-state index < -0.39 is 0 Å². The Labute approximate surface area is 114 Å². The van der Waals surface area contributed by atoms with Crippen molar-refractivity contribution in [1.29, 1.82) is 0 Å². The summed E-state index contributed by atoms with van der Waals surface area (Å²) in [5.41, 5.74) is 0. The van der Waals surface area contributed by atoms with E-state index in [1.54, 1.807) is 0 Å². The van der Waals surface area contributed by atoms with Crippen LogP contribution >= 0.6 is 0 Å². The molecule has 1 saturated carbocycles. The first-order valence-electron chi connectivity index (χ1n) is 8.01. The second-order valence-corrected chi connectivity index (χ2v) is 6.15. The maximum absolute atomic E-state index is 5.78. The highest BCUT2D eigenvalue weighted by molar-refractivity contribution is 4.84. The lowest BCUT2D eigenvalue weighted by molar-refractivity contribution is -0.0857. The molecule has 0 radical (unpaired) electrons. The predicted octanol–water partition coefficient (Wildman–Crippen LogP) is 3.95. The van der Waals surface area contributed by atoms with Crippen LogP contribution in [0.25, 0.3) is 0 Å². The molecule has 1 heterocycles. The molecule has 2 rings (SSSR count). The fraction of sp³-hybridized carbons (Fsp3) is 1.00. The average molecular weight is 255 g/mol. The normalized spacial score (nSPS) is 29.7. The minimum absolute atomic E-state index is 0.391. The zero-order valence-electron chi connectivity index (χ0n) is 13.1. The van der Waals surface area contributed by atoms with Crippen molar-refractivity contribution in [2.45, 2.75) is 72.5 Å². The van der Waals surface area contributed by atoms with Gasteiger partial charge in [-0.1, -0.05) is 33.6 Å². The van der Waals surface area contributed by atoms with Gasteiger partial charge in [0.2, 0.25) is 0 Å². The fourth-order valence-corrected chi connectivity index (χ4v) is 3.02. The van der Waals surface area contributed by atoms with Gasteiger partial charge in [0.15, 0.2) is 0 Å². The van der Waals surface area contributed by atoms with E-state index in [9.17, 15) is 0 Å². The number of likely N-dealkylation sites (tertiary alicyclic amines) is 1. The Bertz CT molecular complexity index is 203. The summed E-state index contributed by atoms with van der Waals surface area (Å²) < 4.78 is 5.78. The largest absolute Gasteiger partial charge is 0.373 e. The van der Waals surface area contributed by atoms with Crippen LogP contribution in [0, 0.1) is 11.8 Å². The van der Waals surface area contributed by atoms with Crippen molar-refractivity contribution in [2.75, 3.05) is 19.6 Å². The summed E-state index contributed by atoms with van der Waals surface area (Å²) in [5.74, 6) is 1.95. The van der Waals surface area contributed by atoms with Gasteiger partial charge in [-0.3, -0.25) is 4.90 Å². The number of nitrogens with zero attached hydrogens (tertiary/aromatic N) is 1. The SMILES string of the molecule is CC.CC1CCC(CN2CC(OC(C)C)C2)CC1. The van der Waals surface area contributed by atoms with E-state index in [0.717, 1.165) is 11.8 Å². The number of ether oxygens (including phenoxy) is 1. The highest BCUT2D eigenvalue weighted by Gasteiger charge is 2.30. The molecule has 0 atom stereocenters.